The number of oxazole rings is 1. The third-order valence-corrected chi connectivity index (χ3v) is 7.31. The normalized spacial score (nSPS) is 16.6. The third kappa shape index (κ3) is 6.38. The van der Waals surface area contributed by atoms with Gasteiger partial charge < -0.3 is 42.6 Å². The molecule has 1 saturated heterocycles. The number of rotatable bonds is 11. The standard InChI is InChI=1S/C31H36N4O8/c1-19-15-34(18-28(42-19)30(36)41-6)25-14-32-13-24-29(25)43-31(33-24)35(16-20-7-9-22(37-2)11-26(20)39-4)17-21-8-10-23(38-3)12-27(21)40-5/h7-14,19,28H,15-18H2,1-6H3/t19-,28-/m1/s1. The van der Waals surface area contributed by atoms with E-state index in [4.69, 9.17) is 37.8 Å². The summed E-state index contributed by atoms with van der Waals surface area (Å²) >= 11 is 0. The zero-order valence-electron chi connectivity index (χ0n) is 25.2. The molecule has 2 aromatic heterocycles. The van der Waals surface area contributed by atoms with E-state index >= 15 is 0 Å². The molecular formula is C31H36N4O8. The van der Waals surface area contributed by atoms with Gasteiger partial charge in [-0.25, -0.2) is 4.79 Å². The Kier molecular flexibility index (Phi) is 9.05. The van der Waals surface area contributed by atoms with Crippen molar-refractivity contribution in [2.45, 2.75) is 32.2 Å². The van der Waals surface area contributed by atoms with E-state index in [9.17, 15) is 4.79 Å². The zero-order chi connectivity index (χ0) is 30.5. The first-order chi connectivity index (χ1) is 20.9. The van der Waals surface area contributed by atoms with Crippen molar-refractivity contribution in [3.05, 3.63) is 59.9 Å². The molecule has 0 saturated carbocycles. The highest BCUT2D eigenvalue weighted by Gasteiger charge is 2.33. The van der Waals surface area contributed by atoms with E-state index in [1.54, 1.807) is 40.8 Å². The van der Waals surface area contributed by atoms with Crippen LogP contribution in [0, 0.1) is 0 Å². The van der Waals surface area contributed by atoms with Crippen molar-refractivity contribution in [2.75, 3.05) is 58.4 Å². The number of hydrogen-bond acceptors (Lipinski definition) is 12. The maximum atomic E-state index is 12.3. The van der Waals surface area contributed by atoms with E-state index < -0.39 is 12.1 Å². The Labute approximate surface area is 250 Å². The molecule has 0 unspecified atom stereocenters. The number of pyridine rings is 1. The number of fused-ring (bicyclic) bond motifs is 1. The number of ether oxygens (including phenoxy) is 6. The van der Waals surface area contributed by atoms with Crippen molar-refractivity contribution in [3.63, 3.8) is 0 Å². The smallest absolute Gasteiger partial charge is 0.336 e. The number of carbonyl (C=O) groups excluding carboxylic acids is 1. The van der Waals surface area contributed by atoms with Crippen molar-refractivity contribution >= 4 is 28.8 Å². The Morgan fingerprint density at radius 1 is 0.907 bits per heavy atom. The summed E-state index contributed by atoms with van der Waals surface area (Å²) in [5.41, 5.74) is 3.65. The lowest BCUT2D eigenvalue weighted by molar-refractivity contribution is -0.158. The van der Waals surface area contributed by atoms with E-state index in [-0.39, 0.29) is 6.10 Å². The van der Waals surface area contributed by atoms with E-state index in [1.807, 2.05) is 53.1 Å². The molecule has 1 aliphatic rings. The molecule has 0 radical (unpaired) electrons. The zero-order valence-corrected chi connectivity index (χ0v) is 25.2. The number of methoxy groups -OCH3 is 5. The molecule has 0 bridgehead atoms. The molecule has 5 rings (SSSR count). The van der Waals surface area contributed by atoms with Gasteiger partial charge in [-0.3, -0.25) is 4.98 Å². The summed E-state index contributed by atoms with van der Waals surface area (Å²) in [6, 6.07) is 11.7. The number of morpholine rings is 1. The Bertz CT molecular complexity index is 1520. The highest BCUT2D eigenvalue weighted by molar-refractivity contribution is 5.87. The molecule has 228 valence electrons. The predicted molar refractivity (Wildman–Crippen MR) is 159 cm³/mol. The van der Waals surface area contributed by atoms with Crippen molar-refractivity contribution in [1.29, 1.82) is 0 Å². The molecule has 12 nitrogen and oxygen atoms in total. The average Bonchev–Trinajstić information content (AvgIpc) is 3.48. The molecule has 0 amide bonds. The summed E-state index contributed by atoms with van der Waals surface area (Å²) in [4.78, 5) is 25.6. The number of aromatic nitrogens is 2. The molecule has 43 heavy (non-hydrogen) atoms. The summed E-state index contributed by atoms with van der Waals surface area (Å²) in [7, 11) is 7.83. The van der Waals surface area contributed by atoms with E-state index in [0.29, 0.717) is 72.0 Å². The minimum Gasteiger partial charge on any atom is -0.497 e. The fraction of sp³-hybridized carbons (Fsp3) is 0.387. The predicted octanol–water partition coefficient (Wildman–Crippen LogP) is 4.23. The fourth-order valence-corrected chi connectivity index (χ4v) is 5.17. The Morgan fingerprint density at radius 3 is 2.09 bits per heavy atom. The van der Waals surface area contributed by atoms with Gasteiger partial charge in [0.2, 0.25) is 0 Å². The minimum atomic E-state index is -0.729. The number of anilines is 2. The molecule has 0 spiro atoms. The third-order valence-electron chi connectivity index (χ3n) is 7.31. The summed E-state index contributed by atoms with van der Waals surface area (Å²) < 4.78 is 39.4. The van der Waals surface area contributed by atoms with Crippen LogP contribution in [0.15, 0.2) is 53.2 Å². The molecule has 4 aromatic rings. The number of esters is 1. The van der Waals surface area contributed by atoms with Gasteiger partial charge >= 0.3 is 5.97 Å². The second kappa shape index (κ2) is 13.1. The van der Waals surface area contributed by atoms with Crippen LogP contribution in [0.25, 0.3) is 11.1 Å². The van der Waals surface area contributed by atoms with Gasteiger partial charge in [-0.1, -0.05) is 0 Å². The molecule has 0 aliphatic carbocycles. The van der Waals surface area contributed by atoms with Crippen LogP contribution in [0.1, 0.15) is 18.1 Å². The first kappa shape index (κ1) is 29.8. The Morgan fingerprint density at radius 2 is 1.53 bits per heavy atom. The van der Waals surface area contributed by atoms with Crippen molar-refractivity contribution in [1.82, 2.24) is 9.97 Å². The molecule has 2 aromatic carbocycles. The van der Waals surface area contributed by atoms with Gasteiger partial charge in [-0.2, -0.15) is 4.98 Å². The van der Waals surface area contributed by atoms with Crippen LogP contribution >= 0.6 is 0 Å². The van der Waals surface area contributed by atoms with Crippen LogP contribution in [-0.4, -0.2) is 76.8 Å². The Balaban J connectivity index is 1.55. The maximum absolute atomic E-state index is 12.3. The lowest BCUT2D eigenvalue weighted by atomic mass is 10.1. The van der Waals surface area contributed by atoms with Crippen molar-refractivity contribution in [2.24, 2.45) is 0 Å². The maximum Gasteiger partial charge on any atom is 0.336 e. The molecule has 1 aliphatic heterocycles. The minimum absolute atomic E-state index is 0.211. The van der Waals surface area contributed by atoms with Crippen molar-refractivity contribution in [3.8, 4) is 23.0 Å². The average molecular weight is 593 g/mol. The first-order valence-corrected chi connectivity index (χ1v) is 13.8. The van der Waals surface area contributed by atoms with E-state index in [0.717, 1.165) is 11.1 Å². The molecule has 0 N–H and O–H groups in total. The number of carbonyl (C=O) groups is 1. The van der Waals surface area contributed by atoms with Crippen LogP contribution in [0.5, 0.6) is 23.0 Å². The fourth-order valence-electron chi connectivity index (χ4n) is 5.17. The van der Waals surface area contributed by atoms with E-state index in [1.165, 1.54) is 7.11 Å². The van der Waals surface area contributed by atoms with Gasteiger partial charge in [0.05, 0.1) is 73.7 Å². The highest BCUT2D eigenvalue weighted by atomic mass is 16.6. The summed E-state index contributed by atoms with van der Waals surface area (Å²) in [6.07, 6.45) is 2.44. The number of benzene rings is 2. The molecular weight excluding hydrogens is 556 g/mol. The SMILES string of the molecule is COC(=O)[C@H]1CN(c2cncc3nc(N(Cc4ccc(OC)cc4OC)Cc4ccc(OC)cc4OC)oc23)C[C@@H](C)O1. The van der Waals surface area contributed by atoms with Crippen LogP contribution in [-0.2, 0) is 27.4 Å². The first-order valence-electron chi connectivity index (χ1n) is 13.8. The topological polar surface area (TPSA) is 118 Å². The molecule has 3 heterocycles. The van der Waals surface area contributed by atoms with E-state index in [2.05, 4.69) is 4.98 Å². The van der Waals surface area contributed by atoms with Crippen LogP contribution in [0.2, 0.25) is 0 Å². The van der Waals surface area contributed by atoms with Crippen LogP contribution in [0.3, 0.4) is 0 Å². The second-order valence-electron chi connectivity index (χ2n) is 10.1. The Hall–Kier alpha value is -4.71. The van der Waals surface area contributed by atoms with Crippen molar-refractivity contribution < 1.29 is 37.6 Å². The summed E-state index contributed by atoms with van der Waals surface area (Å²) in [5.74, 6) is 2.28. The van der Waals surface area contributed by atoms with Gasteiger partial charge in [-0.05, 0) is 31.2 Å². The van der Waals surface area contributed by atoms with Gasteiger partial charge in [0.25, 0.3) is 6.01 Å². The molecule has 12 heteroatoms. The summed E-state index contributed by atoms with van der Waals surface area (Å²) in [6.45, 7) is 3.55. The van der Waals surface area contributed by atoms with Crippen LogP contribution < -0.4 is 28.7 Å². The largest absolute Gasteiger partial charge is 0.497 e. The quantitative estimate of drug-likeness (QED) is 0.232. The number of hydrogen-bond donors (Lipinski definition) is 0. The monoisotopic (exact) mass is 592 g/mol. The highest BCUT2D eigenvalue weighted by Crippen LogP contribution is 2.35. The van der Waals surface area contributed by atoms with Gasteiger partial charge in [0, 0.05) is 29.8 Å². The van der Waals surface area contributed by atoms with Gasteiger partial charge in [0.15, 0.2) is 11.7 Å². The molecule has 2 atom stereocenters. The second-order valence-corrected chi connectivity index (χ2v) is 10.1. The number of nitrogens with zero attached hydrogens (tertiary/aromatic N) is 4. The lowest BCUT2D eigenvalue weighted by Crippen LogP contribution is -2.50. The lowest BCUT2D eigenvalue weighted by Gasteiger charge is -2.36. The van der Waals surface area contributed by atoms with Gasteiger partial charge in [-0.15, -0.1) is 0 Å². The summed E-state index contributed by atoms with van der Waals surface area (Å²) in [5, 5.41) is 0. The van der Waals surface area contributed by atoms with Gasteiger partial charge in [0.1, 0.15) is 34.2 Å². The molecule has 1 fully saturated rings. The van der Waals surface area contributed by atoms with Crippen LogP contribution in [0.4, 0.5) is 11.7 Å².